The minimum absolute atomic E-state index is 0.00879. The Morgan fingerprint density at radius 3 is 2.35 bits per heavy atom. The fourth-order valence-corrected chi connectivity index (χ4v) is 4.03. The van der Waals surface area contributed by atoms with Crippen LogP contribution >= 0.6 is 0 Å². The summed E-state index contributed by atoms with van der Waals surface area (Å²) >= 11 is 0. The van der Waals surface area contributed by atoms with Gasteiger partial charge in [0.25, 0.3) is 0 Å². The van der Waals surface area contributed by atoms with Crippen LogP contribution in [0.1, 0.15) is 44.6 Å². The molecule has 1 aliphatic heterocycles. The number of aryl methyl sites for hydroxylation is 2. The molecule has 1 aromatic carbocycles. The molecule has 2 aromatic rings. The van der Waals surface area contributed by atoms with Crippen molar-refractivity contribution in [3.8, 4) is 0 Å². The van der Waals surface area contributed by atoms with Gasteiger partial charge >= 0.3 is 0 Å². The zero-order valence-corrected chi connectivity index (χ0v) is 16.1. The number of carbonyl (C=O) groups excluding carboxylic acids is 2. The van der Waals surface area contributed by atoms with E-state index >= 15 is 0 Å². The van der Waals surface area contributed by atoms with Crippen LogP contribution in [-0.2, 0) is 0 Å². The van der Waals surface area contributed by atoms with Crippen LogP contribution in [0, 0.1) is 20.8 Å². The summed E-state index contributed by atoms with van der Waals surface area (Å²) in [7, 11) is 0. The molecule has 0 amide bonds. The van der Waals surface area contributed by atoms with Gasteiger partial charge in [-0.2, -0.15) is 0 Å². The smallest absolute Gasteiger partial charge is 0.233 e. The number of carbonyl (C=O) groups is 2. The Bertz CT molecular complexity index is 830. The van der Waals surface area contributed by atoms with E-state index in [0.717, 1.165) is 37.4 Å². The van der Waals surface area contributed by atoms with Crippen LogP contribution in [-0.4, -0.2) is 49.3 Å². The first kappa shape index (κ1) is 18.4. The SMILES string of the molecule is CC(=O)c1c(C)[nH]c(C(=O)C[NH+]2CCN(c3ccccc3C)CC2)c1C. The molecule has 0 spiro atoms. The van der Waals surface area contributed by atoms with Crippen molar-refractivity contribution in [3.05, 3.63) is 52.3 Å². The predicted molar refractivity (Wildman–Crippen MR) is 104 cm³/mol. The second-order valence-corrected chi connectivity index (χ2v) is 7.30. The first-order valence-corrected chi connectivity index (χ1v) is 9.26. The lowest BCUT2D eigenvalue weighted by atomic mass is 10.1. The maximum Gasteiger partial charge on any atom is 0.233 e. The van der Waals surface area contributed by atoms with Gasteiger partial charge in [0.15, 0.2) is 5.78 Å². The van der Waals surface area contributed by atoms with Gasteiger partial charge in [-0.05, 0) is 44.9 Å². The van der Waals surface area contributed by atoms with Gasteiger partial charge in [0, 0.05) is 16.9 Å². The molecule has 3 rings (SSSR count). The van der Waals surface area contributed by atoms with Crippen molar-refractivity contribution in [2.75, 3.05) is 37.6 Å². The molecule has 5 nitrogen and oxygen atoms in total. The molecule has 1 saturated heterocycles. The molecule has 5 heteroatoms. The van der Waals surface area contributed by atoms with Gasteiger partial charge in [0.05, 0.1) is 31.9 Å². The number of nitrogens with zero attached hydrogens (tertiary/aromatic N) is 1. The van der Waals surface area contributed by atoms with Crippen LogP contribution in [0.2, 0.25) is 0 Å². The van der Waals surface area contributed by atoms with E-state index in [2.05, 4.69) is 41.1 Å². The van der Waals surface area contributed by atoms with Crippen molar-refractivity contribution in [2.45, 2.75) is 27.7 Å². The highest BCUT2D eigenvalue weighted by Gasteiger charge is 2.26. The molecule has 138 valence electrons. The molecule has 0 bridgehead atoms. The number of hydrogen-bond acceptors (Lipinski definition) is 3. The van der Waals surface area contributed by atoms with E-state index in [4.69, 9.17) is 0 Å². The van der Waals surface area contributed by atoms with E-state index in [-0.39, 0.29) is 11.6 Å². The summed E-state index contributed by atoms with van der Waals surface area (Å²) in [5.74, 6) is 0.104. The minimum Gasteiger partial charge on any atom is -0.360 e. The normalized spacial score (nSPS) is 15.3. The van der Waals surface area contributed by atoms with E-state index in [9.17, 15) is 9.59 Å². The number of nitrogens with one attached hydrogen (secondary N) is 2. The maximum absolute atomic E-state index is 12.8. The average Bonchev–Trinajstić information content (AvgIpc) is 2.91. The number of H-pyrrole nitrogens is 1. The highest BCUT2D eigenvalue weighted by molar-refractivity contribution is 6.03. The lowest BCUT2D eigenvalue weighted by Gasteiger charge is -2.34. The zero-order chi connectivity index (χ0) is 18.8. The minimum atomic E-state index is 0.00879. The molecule has 2 N–H and O–H groups in total. The van der Waals surface area contributed by atoms with Crippen LogP contribution in [0.15, 0.2) is 24.3 Å². The Kier molecular flexibility index (Phi) is 5.28. The Labute approximate surface area is 155 Å². The highest BCUT2D eigenvalue weighted by Crippen LogP contribution is 2.20. The summed E-state index contributed by atoms with van der Waals surface area (Å²) in [6.07, 6.45) is 0. The molecule has 1 fully saturated rings. The molecular formula is C21H28N3O2+. The van der Waals surface area contributed by atoms with Crippen LogP contribution in [0.4, 0.5) is 5.69 Å². The van der Waals surface area contributed by atoms with Crippen LogP contribution < -0.4 is 9.80 Å². The monoisotopic (exact) mass is 354 g/mol. The molecule has 0 radical (unpaired) electrons. The summed E-state index contributed by atoms with van der Waals surface area (Å²) in [4.78, 5) is 31.4. The third-order valence-corrected chi connectivity index (χ3v) is 5.41. The molecule has 1 aliphatic rings. The number of rotatable bonds is 5. The number of piperazine rings is 1. The summed E-state index contributed by atoms with van der Waals surface area (Å²) in [5.41, 5.74) is 5.42. The van der Waals surface area contributed by atoms with Crippen LogP contribution in [0.3, 0.4) is 0 Å². The lowest BCUT2D eigenvalue weighted by Crippen LogP contribution is -3.15. The molecule has 0 saturated carbocycles. The number of quaternary nitrogens is 1. The van der Waals surface area contributed by atoms with E-state index in [1.165, 1.54) is 16.2 Å². The number of hydrogen-bond donors (Lipinski definition) is 2. The fourth-order valence-electron chi connectivity index (χ4n) is 4.03. The van der Waals surface area contributed by atoms with E-state index in [1.807, 2.05) is 13.8 Å². The number of para-hydroxylation sites is 1. The van der Waals surface area contributed by atoms with Gasteiger partial charge in [0.1, 0.15) is 6.54 Å². The number of Topliss-reactive ketones (excluding diaryl/α,β-unsaturated/α-hetero) is 2. The van der Waals surface area contributed by atoms with Crippen molar-refractivity contribution in [1.29, 1.82) is 0 Å². The topological polar surface area (TPSA) is 57.6 Å². The van der Waals surface area contributed by atoms with Gasteiger partial charge in [0.2, 0.25) is 5.78 Å². The first-order chi connectivity index (χ1) is 12.4. The van der Waals surface area contributed by atoms with Crippen molar-refractivity contribution in [1.82, 2.24) is 4.98 Å². The maximum atomic E-state index is 12.8. The van der Waals surface area contributed by atoms with E-state index in [0.29, 0.717) is 17.8 Å². The first-order valence-electron chi connectivity index (χ1n) is 9.26. The van der Waals surface area contributed by atoms with Crippen molar-refractivity contribution >= 4 is 17.3 Å². The van der Waals surface area contributed by atoms with Gasteiger partial charge in [-0.1, -0.05) is 18.2 Å². The summed E-state index contributed by atoms with van der Waals surface area (Å²) < 4.78 is 0. The van der Waals surface area contributed by atoms with Gasteiger partial charge in [-0.3, -0.25) is 9.59 Å². The summed E-state index contributed by atoms with van der Waals surface area (Å²) in [6, 6.07) is 8.45. The van der Waals surface area contributed by atoms with Crippen molar-refractivity contribution < 1.29 is 14.5 Å². The van der Waals surface area contributed by atoms with Crippen molar-refractivity contribution in [3.63, 3.8) is 0 Å². The largest absolute Gasteiger partial charge is 0.360 e. The molecule has 0 unspecified atom stereocenters. The molecule has 1 aromatic heterocycles. The van der Waals surface area contributed by atoms with Gasteiger partial charge in [-0.15, -0.1) is 0 Å². The Morgan fingerprint density at radius 2 is 1.77 bits per heavy atom. The van der Waals surface area contributed by atoms with Gasteiger partial charge < -0.3 is 14.8 Å². The quantitative estimate of drug-likeness (QED) is 0.804. The standard InChI is InChI=1S/C21H27N3O2/c1-14-7-5-6-8-18(14)24-11-9-23(10-12-24)13-19(26)21-15(2)20(17(4)25)16(3)22-21/h5-8,22H,9-13H2,1-4H3/p+1. The number of aromatic nitrogens is 1. The van der Waals surface area contributed by atoms with Crippen LogP contribution in [0.5, 0.6) is 0 Å². The number of aromatic amines is 1. The summed E-state index contributed by atoms with van der Waals surface area (Å²) in [5, 5.41) is 0. The third-order valence-electron chi connectivity index (χ3n) is 5.41. The van der Waals surface area contributed by atoms with E-state index < -0.39 is 0 Å². The Hall–Kier alpha value is -2.40. The lowest BCUT2D eigenvalue weighted by molar-refractivity contribution is -0.892. The highest BCUT2D eigenvalue weighted by atomic mass is 16.1. The van der Waals surface area contributed by atoms with Crippen molar-refractivity contribution in [2.24, 2.45) is 0 Å². The number of anilines is 1. The number of benzene rings is 1. The third kappa shape index (κ3) is 3.58. The Balaban J connectivity index is 1.63. The molecular weight excluding hydrogens is 326 g/mol. The number of ketones is 2. The second-order valence-electron chi connectivity index (χ2n) is 7.30. The fraction of sp³-hybridized carbons (Fsp3) is 0.429. The molecule has 0 aliphatic carbocycles. The van der Waals surface area contributed by atoms with Gasteiger partial charge in [-0.25, -0.2) is 0 Å². The molecule has 0 atom stereocenters. The zero-order valence-electron chi connectivity index (χ0n) is 16.1. The average molecular weight is 354 g/mol. The Morgan fingerprint density at radius 1 is 1.12 bits per heavy atom. The second kappa shape index (κ2) is 7.46. The summed E-state index contributed by atoms with van der Waals surface area (Å²) in [6.45, 7) is 11.7. The van der Waals surface area contributed by atoms with E-state index in [1.54, 1.807) is 6.92 Å². The predicted octanol–water partition coefficient (Wildman–Crippen LogP) is 1.73. The molecule has 26 heavy (non-hydrogen) atoms. The van der Waals surface area contributed by atoms with Crippen LogP contribution in [0.25, 0.3) is 0 Å². The molecule has 2 heterocycles.